The van der Waals surface area contributed by atoms with Crippen LogP contribution >= 0.6 is 11.8 Å². The van der Waals surface area contributed by atoms with E-state index >= 15 is 0 Å². The van der Waals surface area contributed by atoms with Gasteiger partial charge in [-0.15, -0.1) is 11.8 Å². The van der Waals surface area contributed by atoms with E-state index in [9.17, 15) is 14.9 Å². The highest BCUT2D eigenvalue weighted by atomic mass is 32.2. The number of nitro groups is 1. The number of carbonyl (C=O) groups excluding carboxylic acids is 1. The number of likely N-dealkylation sites (tertiary alicyclic amines) is 1. The summed E-state index contributed by atoms with van der Waals surface area (Å²) in [4.78, 5) is 26.0. The van der Waals surface area contributed by atoms with Gasteiger partial charge in [-0.1, -0.05) is 12.1 Å². The minimum Gasteiger partial charge on any atom is -0.325 e. The van der Waals surface area contributed by atoms with Gasteiger partial charge in [0.2, 0.25) is 5.91 Å². The average Bonchev–Trinajstić information content (AvgIpc) is 3.21. The molecule has 28 heavy (non-hydrogen) atoms. The van der Waals surface area contributed by atoms with Crippen molar-refractivity contribution in [1.29, 1.82) is 0 Å². The molecule has 148 valence electrons. The van der Waals surface area contributed by atoms with Gasteiger partial charge in [0, 0.05) is 29.3 Å². The van der Waals surface area contributed by atoms with Crippen molar-refractivity contribution in [3.8, 4) is 0 Å². The van der Waals surface area contributed by atoms with Crippen LogP contribution in [0.1, 0.15) is 25.3 Å². The van der Waals surface area contributed by atoms with Crippen LogP contribution in [0.5, 0.6) is 0 Å². The second-order valence-electron chi connectivity index (χ2n) is 7.00. The van der Waals surface area contributed by atoms with E-state index in [0.29, 0.717) is 0 Å². The Morgan fingerprint density at radius 3 is 2.39 bits per heavy atom. The molecular weight excluding hydrogens is 374 g/mol. The lowest BCUT2D eigenvalue weighted by atomic mass is 10.1. The molecule has 0 spiro atoms. The van der Waals surface area contributed by atoms with Gasteiger partial charge in [-0.25, -0.2) is 0 Å². The van der Waals surface area contributed by atoms with E-state index in [4.69, 9.17) is 0 Å². The fourth-order valence-corrected chi connectivity index (χ4v) is 4.06. The smallest absolute Gasteiger partial charge is 0.269 e. The Morgan fingerprint density at radius 1 is 1.14 bits per heavy atom. The molecule has 1 N–H and O–H groups in total. The zero-order valence-electron chi connectivity index (χ0n) is 16.0. The lowest BCUT2D eigenvalue weighted by Crippen LogP contribution is -2.22. The molecule has 1 unspecified atom stereocenters. The number of amides is 1. The van der Waals surface area contributed by atoms with Crippen LogP contribution < -0.4 is 5.32 Å². The topological polar surface area (TPSA) is 75.5 Å². The number of rotatable bonds is 8. The Morgan fingerprint density at radius 2 is 1.79 bits per heavy atom. The first-order valence-corrected chi connectivity index (χ1v) is 10.4. The highest BCUT2D eigenvalue weighted by molar-refractivity contribution is 8.00. The number of carbonyl (C=O) groups is 1. The second-order valence-corrected chi connectivity index (χ2v) is 8.41. The minimum absolute atomic E-state index is 0.0475. The monoisotopic (exact) mass is 399 g/mol. The number of nitrogens with zero attached hydrogens (tertiary/aromatic N) is 2. The van der Waals surface area contributed by atoms with Crippen LogP contribution in [0.3, 0.4) is 0 Å². The SMILES string of the molecule is CC(Sc1ccc([N+](=O)[O-])cc1)C(=O)Nc1ccc(CCN2CCCC2)cc1. The Hall–Kier alpha value is -2.38. The highest BCUT2D eigenvalue weighted by Crippen LogP contribution is 2.26. The lowest BCUT2D eigenvalue weighted by molar-refractivity contribution is -0.384. The van der Waals surface area contributed by atoms with Crippen molar-refractivity contribution < 1.29 is 9.72 Å². The average molecular weight is 400 g/mol. The van der Waals surface area contributed by atoms with Crippen molar-refractivity contribution in [2.24, 2.45) is 0 Å². The maximum absolute atomic E-state index is 12.4. The summed E-state index contributed by atoms with van der Waals surface area (Å²) in [6.45, 7) is 5.33. The van der Waals surface area contributed by atoms with Crippen LogP contribution in [-0.4, -0.2) is 40.6 Å². The first-order chi connectivity index (χ1) is 13.5. The van der Waals surface area contributed by atoms with Crippen molar-refractivity contribution in [3.05, 3.63) is 64.2 Å². The van der Waals surface area contributed by atoms with Gasteiger partial charge >= 0.3 is 0 Å². The summed E-state index contributed by atoms with van der Waals surface area (Å²) in [5.74, 6) is -0.0897. The van der Waals surface area contributed by atoms with Crippen LogP contribution in [0, 0.1) is 10.1 Å². The maximum atomic E-state index is 12.4. The maximum Gasteiger partial charge on any atom is 0.269 e. The fraction of sp³-hybridized carbons (Fsp3) is 0.381. The summed E-state index contributed by atoms with van der Waals surface area (Å²) in [7, 11) is 0. The molecule has 0 saturated carbocycles. The van der Waals surface area contributed by atoms with Gasteiger partial charge in [0.1, 0.15) is 0 Å². The molecule has 0 radical (unpaired) electrons. The normalized spacial score (nSPS) is 15.3. The summed E-state index contributed by atoms with van der Waals surface area (Å²) in [5.41, 5.74) is 2.11. The highest BCUT2D eigenvalue weighted by Gasteiger charge is 2.16. The van der Waals surface area contributed by atoms with Crippen LogP contribution in [0.2, 0.25) is 0 Å². The van der Waals surface area contributed by atoms with Crippen molar-refractivity contribution in [3.63, 3.8) is 0 Å². The first kappa shape index (κ1) is 20.4. The molecular formula is C21H25N3O3S. The van der Waals surface area contributed by atoms with E-state index in [1.807, 2.05) is 19.1 Å². The van der Waals surface area contributed by atoms with E-state index in [0.717, 1.165) is 23.5 Å². The van der Waals surface area contributed by atoms with E-state index in [-0.39, 0.29) is 16.8 Å². The van der Waals surface area contributed by atoms with Gasteiger partial charge in [-0.3, -0.25) is 14.9 Å². The number of non-ortho nitro benzene ring substituents is 1. The molecule has 7 heteroatoms. The van der Waals surface area contributed by atoms with E-state index in [2.05, 4.69) is 22.3 Å². The Bertz CT molecular complexity index is 803. The summed E-state index contributed by atoms with van der Waals surface area (Å²) in [5, 5.41) is 13.3. The predicted octanol–water partition coefficient (Wildman–Crippen LogP) is 4.35. The third-order valence-corrected chi connectivity index (χ3v) is 5.98. The fourth-order valence-electron chi connectivity index (χ4n) is 3.20. The lowest BCUT2D eigenvalue weighted by Gasteiger charge is -2.15. The van der Waals surface area contributed by atoms with E-state index < -0.39 is 4.92 Å². The molecule has 1 fully saturated rings. The summed E-state index contributed by atoms with van der Waals surface area (Å²) < 4.78 is 0. The van der Waals surface area contributed by atoms with Crippen molar-refractivity contribution in [2.75, 3.05) is 25.0 Å². The van der Waals surface area contributed by atoms with Crippen molar-refractivity contribution >= 4 is 29.0 Å². The van der Waals surface area contributed by atoms with Gasteiger partial charge in [0.05, 0.1) is 10.2 Å². The molecule has 0 bridgehead atoms. The molecule has 6 nitrogen and oxygen atoms in total. The van der Waals surface area contributed by atoms with Gasteiger partial charge in [0.15, 0.2) is 0 Å². The molecule has 1 saturated heterocycles. The Kier molecular flexibility index (Phi) is 7.06. The van der Waals surface area contributed by atoms with Gasteiger partial charge in [-0.2, -0.15) is 0 Å². The molecule has 1 amide bonds. The molecule has 3 rings (SSSR count). The standard InChI is InChI=1S/C21H25N3O3S/c1-16(28-20-10-8-19(9-11-20)24(26)27)21(25)22-18-6-4-17(5-7-18)12-15-23-13-2-3-14-23/h4-11,16H,2-3,12-15H2,1H3,(H,22,25). The molecule has 0 aromatic heterocycles. The molecule has 1 aliphatic heterocycles. The third kappa shape index (κ3) is 5.81. The number of benzene rings is 2. The number of nitro benzene ring substituents is 1. The third-order valence-electron chi connectivity index (χ3n) is 4.87. The number of hydrogen-bond donors (Lipinski definition) is 1. The predicted molar refractivity (Wildman–Crippen MR) is 113 cm³/mol. The number of anilines is 1. The molecule has 1 aliphatic rings. The number of nitrogens with one attached hydrogen (secondary N) is 1. The Balaban J connectivity index is 1.48. The van der Waals surface area contributed by atoms with Crippen molar-refractivity contribution in [1.82, 2.24) is 4.90 Å². The van der Waals surface area contributed by atoms with E-state index in [1.165, 1.54) is 55.4 Å². The summed E-state index contributed by atoms with van der Waals surface area (Å²) in [6.07, 6.45) is 3.64. The summed E-state index contributed by atoms with van der Waals surface area (Å²) >= 11 is 1.38. The van der Waals surface area contributed by atoms with Gasteiger partial charge in [0.25, 0.3) is 5.69 Å². The minimum atomic E-state index is -0.431. The van der Waals surface area contributed by atoms with Crippen LogP contribution in [-0.2, 0) is 11.2 Å². The van der Waals surface area contributed by atoms with Gasteiger partial charge in [-0.05, 0) is 69.1 Å². The summed E-state index contributed by atoms with van der Waals surface area (Å²) in [6, 6.07) is 14.3. The number of thioether (sulfide) groups is 1. The Labute approximate surface area is 169 Å². The molecule has 2 aromatic carbocycles. The van der Waals surface area contributed by atoms with Crippen LogP contribution in [0.25, 0.3) is 0 Å². The zero-order chi connectivity index (χ0) is 19.9. The van der Waals surface area contributed by atoms with E-state index in [1.54, 1.807) is 12.1 Å². The molecule has 1 heterocycles. The second kappa shape index (κ2) is 9.71. The number of hydrogen-bond acceptors (Lipinski definition) is 5. The van der Waals surface area contributed by atoms with Crippen LogP contribution in [0.4, 0.5) is 11.4 Å². The van der Waals surface area contributed by atoms with Gasteiger partial charge < -0.3 is 10.2 Å². The van der Waals surface area contributed by atoms with Crippen molar-refractivity contribution in [2.45, 2.75) is 36.3 Å². The molecule has 1 atom stereocenters. The first-order valence-electron chi connectivity index (χ1n) is 9.54. The largest absolute Gasteiger partial charge is 0.325 e. The zero-order valence-corrected chi connectivity index (χ0v) is 16.8. The quantitative estimate of drug-likeness (QED) is 0.406. The van der Waals surface area contributed by atoms with Crippen LogP contribution in [0.15, 0.2) is 53.4 Å². The molecule has 2 aromatic rings. The molecule has 0 aliphatic carbocycles.